The van der Waals surface area contributed by atoms with Gasteiger partial charge in [0.25, 0.3) is 0 Å². The highest BCUT2D eigenvalue weighted by Crippen LogP contribution is 2.20. The number of rotatable bonds is 5. The summed E-state index contributed by atoms with van der Waals surface area (Å²) in [5.74, 6) is 2.59. The first-order valence-electron chi connectivity index (χ1n) is 6.12. The van der Waals surface area contributed by atoms with E-state index in [2.05, 4.69) is 0 Å². The normalized spacial score (nSPS) is 17.5. The first-order chi connectivity index (χ1) is 9.08. The molecule has 0 aliphatic carbocycles. The van der Waals surface area contributed by atoms with Gasteiger partial charge in [0.15, 0.2) is 0 Å². The van der Waals surface area contributed by atoms with Gasteiger partial charge in [-0.25, -0.2) is 12.7 Å². The van der Waals surface area contributed by atoms with Crippen LogP contribution >= 0.6 is 23.5 Å². The number of nitrogens with two attached hydrogens (primary N) is 1. The van der Waals surface area contributed by atoms with E-state index in [4.69, 9.17) is 5.73 Å². The minimum atomic E-state index is -3.09. The van der Waals surface area contributed by atoms with Crippen molar-refractivity contribution in [2.45, 2.75) is 4.90 Å². The van der Waals surface area contributed by atoms with Crippen LogP contribution in [0, 0.1) is 0 Å². The van der Waals surface area contributed by atoms with E-state index < -0.39 is 10.0 Å². The Hall–Kier alpha value is -0.370. The Labute approximate surface area is 123 Å². The molecule has 0 aromatic heterocycles. The number of nitrogen functional groups attached to an aromatic ring is 1. The van der Waals surface area contributed by atoms with Gasteiger partial charge in [-0.05, 0) is 24.3 Å². The summed E-state index contributed by atoms with van der Waals surface area (Å²) in [4.78, 5) is 1.05. The summed E-state index contributed by atoms with van der Waals surface area (Å²) in [6.07, 6.45) is 0. The summed E-state index contributed by atoms with van der Waals surface area (Å²) in [5, 5.41) is 0. The van der Waals surface area contributed by atoms with Gasteiger partial charge in [0, 0.05) is 40.9 Å². The molecule has 1 saturated heterocycles. The maximum Gasteiger partial charge on any atom is 0.214 e. The van der Waals surface area contributed by atoms with Gasteiger partial charge < -0.3 is 5.73 Å². The molecule has 4 nitrogen and oxygen atoms in total. The van der Waals surface area contributed by atoms with Crippen molar-refractivity contribution < 1.29 is 8.42 Å². The quantitative estimate of drug-likeness (QED) is 0.662. The Bertz CT molecular complexity index is 496. The fraction of sp³-hybridized carbons (Fsp3) is 0.500. The molecule has 0 saturated carbocycles. The van der Waals surface area contributed by atoms with Crippen LogP contribution < -0.4 is 5.73 Å². The van der Waals surface area contributed by atoms with Crippen molar-refractivity contribution in [3.8, 4) is 0 Å². The minimum Gasteiger partial charge on any atom is -0.399 e. The Morgan fingerprint density at radius 1 is 1.21 bits per heavy atom. The third kappa shape index (κ3) is 4.59. The molecule has 1 aliphatic heterocycles. The molecule has 0 spiro atoms. The van der Waals surface area contributed by atoms with E-state index >= 15 is 0 Å². The molecular weight excluding hydrogens is 300 g/mol. The van der Waals surface area contributed by atoms with Gasteiger partial charge in [0.2, 0.25) is 10.0 Å². The summed E-state index contributed by atoms with van der Waals surface area (Å²) in [6, 6.07) is 7.51. The number of benzene rings is 1. The lowest BCUT2D eigenvalue weighted by Crippen LogP contribution is -2.39. The average Bonchev–Trinajstić information content (AvgIpc) is 2.42. The molecule has 0 unspecified atom stereocenters. The standard InChI is InChI=1S/C12H18N2O2S3/c13-11-1-3-12(4-2-11)18-9-10-19(15,16)14-5-7-17-8-6-14/h1-4H,5-10,13H2. The third-order valence-electron chi connectivity index (χ3n) is 2.85. The van der Waals surface area contributed by atoms with E-state index in [1.54, 1.807) is 16.1 Å². The van der Waals surface area contributed by atoms with E-state index in [1.165, 1.54) is 0 Å². The highest BCUT2D eigenvalue weighted by Gasteiger charge is 2.23. The smallest absolute Gasteiger partial charge is 0.214 e. The lowest BCUT2D eigenvalue weighted by Gasteiger charge is -2.25. The summed E-state index contributed by atoms with van der Waals surface area (Å²) >= 11 is 3.37. The zero-order chi connectivity index (χ0) is 13.7. The van der Waals surface area contributed by atoms with Gasteiger partial charge in [-0.1, -0.05) is 0 Å². The predicted octanol–water partition coefficient (Wildman–Crippen LogP) is 1.74. The molecule has 1 aromatic carbocycles. The Kier molecular flexibility index (Phi) is 5.44. The van der Waals surface area contributed by atoms with Gasteiger partial charge in [0.05, 0.1) is 5.75 Å². The molecule has 2 N–H and O–H groups in total. The zero-order valence-corrected chi connectivity index (χ0v) is 13.1. The van der Waals surface area contributed by atoms with Crippen LogP contribution in [-0.4, -0.2) is 48.8 Å². The Morgan fingerprint density at radius 3 is 2.47 bits per heavy atom. The highest BCUT2D eigenvalue weighted by atomic mass is 32.2. The summed E-state index contributed by atoms with van der Waals surface area (Å²) < 4.78 is 25.8. The second kappa shape index (κ2) is 6.88. The second-order valence-electron chi connectivity index (χ2n) is 4.24. The van der Waals surface area contributed by atoms with Crippen LogP contribution in [0.3, 0.4) is 0 Å². The first-order valence-corrected chi connectivity index (χ1v) is 9.87. The van der Waals surface area contributed by atoms with Crippen LogP contribution in [0.4, 0.5) is 5.69 Å². The van der Waals surface area contributed by atoms with Crippen LogP contribution in [0.2, 0.25) is 0 Å². The molecule has 0 radical (unpaired) electrons. The van der Waals surface area contributed by atoms with Crippen molar-refractivity contribution >= 4 is 39.2 Å². The molecule has 1 fully saturated rings. The first kappa shape index (κ1) is 15.0. The van der Waals surface area contributed by atoms with Gasteiger partial charge in [-0.3, -0.25) is 0 Å². The molecule has 2 rings (SSSR count). The third-order valence-corrected chi connectivity index (χ3v) is 6.94. The van der Waals surface area contributed by atoms with Crippen molar-refractivity contribution in [2.24, 2.45) is 0 Å². The van der Waals surface area contributed by atoms with Crippen LogP contribution in [0.1, 0.15) is 0 Å². The second-order valence-corrected chi connectivity index (χ2v) is 8.73. The van der Waals surface area contributed by atoms with Crippen molar-refractivity contribution in [2.75, 3.05) is 41.8 Å². The Morgan fingerprint density at radius 2 is 1.84 bits per heavy atom. The molecule has 19 heavy (non-hydrogen) atoms. The molecule has 1 aromatic rings. The van der Waals surface area contributed by atoms with Crippen molar-refractivity contribution in [3.05, 3.63) is 24.3 Å². The minimum absolute atomic E-state index is 0.201. The molecule has 7 heteroatoms. The summed E-state index contributed by atoms with van der Waals surface area (Å²) in [5.41, 5.74) is 6.33. The number of hydrogen-bond acceptors (Lipinski definition) is 5. The largest absolute Gasteiger partial charge is 0.399 e. The predicted molar refractivity (Wildman–Crippen MR) is 84.3 cm³/mol. The highest BCUT2D eigenvalue weighted by molar-refractivity contribution is 8.00. The monoisotopic (exact) mass is 318 g/mol. The lowest BCUT2D eigenvalue weighted by molar-refractivity contribution is 0.445. The number of hydrogen-bond donors (Lipinski definition) is 1. The van der Waals surface area contributed by atoms with E-state index in [9.17, 15) is 8.42 Å². The lowest BCUT2D eigenvalue weighted by atomic mass is 10.3. The summed E-state index contributed by atoms with van der Waals surface area (Å²) in [6.45, 7) is 1.30. The molecule has 0 amide bonds. The maximum atomic E-state index is 12.1. The fourth-order valence-electron chi connectivity index (χ4n) is 1.78. The Balaban J connectivity index is 1.82. The van der Waals surface area contributed by atoms with E-state index in [0.717, 1.165) is 22.1 Å². The average molecular weight is 318 g/mol. The van der Waals surface area contributed by atoms with Gasteiger partial charge in [0.1, 0.15) is 0 Å². The van der Waals surface area contributed by atoms with Gasteiger partial charge in [-0.15, -0.1) is 11.8 Å². The molecule has 1 heterocycles. The number of nitrogens with zero attached hydrogens (tertiary/aromatic N) is 1. The molecule has 0 bridgehead atoms. The van der Waals surface area contributed by atoms with Crippen LogP contribution in [0.25, 0.3) is 0 Å². The SMILES string of the molecule is Nc1ccc(SCCS(=O)(=O)N2CCSCC2)cc1. The molecular formula is C12H18N2O2S3. The van der Waals surface area contributed by atoms with Crippen LogP contribution in [0.5, 0.6) is 0 Å². The summed E-state index contributed by atoms with van der Waals surface area (Å²) in [7, 11) is -3.09. The number of sulfonamides is 1. The zero-order valence-electron chi connectivity index (χ0n) is 10.6. The van der Waals surface area contributed by atoms with Gasteiger partial charge >= 0.3 is 0 Å². The number of anilines is 1. The van der Waals surface area contributed by atoms with Crippen molar-refractivity contribution in [3.63, 3.8) is 0 Å². The topological polar surface area (TPSA) is 63.4 Å². The molecule has 0 atom stereocenters. The van der Waals surface area contributed by atoms with E-state index in [-0.39, 0.29) is 5.75 Å². The van der Waals surface area contributed by atoms with E-state index in [0.29, 0.717) is 18.8 Å². The van der Waals surface area contributed by atoms with Crippen LogP contribution in [-0.2, 0) is 10.0 Å². The van der Waals surface area contributed by atoms with Crippen LogP contribution in [0.15, 0.2) is 29.2 Å². The molecule has 106 valence electrons. The molecule has 1 aliphatic rings. The fourth-order valence-corrected chi connectivity index (χ4v) is 5.65. The number of thioether (sulfide) groups is 2. The van der Waals surface area contributed by atoms with Crippen molar-refractivity contribution in [1.82, 2.24) is 4.31 Å². The van der Waals surface area contributed by atoms with Crippen molar-refractivity contribution in [1.29, 1.82) is 0 Å². The van der Waals surface area contributed by atoms with Gasteiger partial charge in [-0.2, -0.15) is 11.8 Å². The maximum absolute atomic E-state index is 12.1. The van der Waals surface area contributed by atoms with E-state index in [1.807, 2.05) is 36.0 Å².